The maximum atomic E-state index is 4.41. The molecule has 1 heterocycles. The fraction of sp³-hybridized carbons (Fsp3) is 0.632. The van der Waals surface area contributed by atoms with Gasteiger partial charge >= 0.3 is 0 Å². The van der Waals surface area contributed by atoms with Crippen LogP contribution in [0.2, 0.25) is 0 Å². The highest BCUT2D eigenvalue weighted by Gasteiger charge is 2.38. The Morgan fingerprint density at radius 3 is 2.57 bits per heavy atom. The Labute approximate surface area is 140 Å². The minimum atomic E-state index is 0.295. The molecule has 4 nitrogen and oxygen atoms in total. The molecule has 1 aromatic rings. The van der Waals surface area contributed by atoms with Gasteiger partial charge in [0.1, 0.15) is 0 Å². The van der Waals surface area contributed by atoms with Crippen molar-refractivity contribution in [2.75, 3.05) is 33.7 Å². The molecule has 1 saturated carbocycles. The van der Waals surface area contributed by atoms with E-state index >= 15 is 0 Å². The fourth-order valence-electron chi connectivity index (χ4n) is 3.89. The Morgan fingerprint density at radius 2 is 2.00 bits per heavy atom. The number of rotatable bonds is 5. The van der Waals surface area contributed by atoms with Gasteiger partial charge in [-0.25, -0.2) is 0 Å². The highest BCUT2D eigenvalue weighted by atomic mass is 15.2. The van der Waals surface area contributed by atoms with E-state index < -0.39 is 0 Å². The standard InChI is InChI=1S/C19H30N4/c1-20-18(21-14-17-10-6-13-23(17)2)22-15-19(11-7-12-19)16-8-4-3-5-9-16/h3-5,8-9,17H,6-7,10-15H2,1-2H3,(H2,20,21,22). The Kier molecular flexibility index (Phi) is 5.21. The zero-order valence-corrected chi connectivity index (χ0v) is 14.5. The number of hydrogen-bond acceptors (Lipinski definition) is 2. The third-order valence-corrected chi connectivity index (χ3v) is 5.69. The van der Waals surface area contributed by atoms with E-state index in [1.54, 1.807) is 0 Å². The lowest BCUT2D eigenvalue weighted by atomic mass is 9.64. The van der Waals surface area contributed by atoms with Gasteiger partial charge in [0.25, 0.3) is 0 Å². The first-order chi connectivity index (χ1) is 11.2. The molecule has 0 bridgehead atoms. The molecule has 1 aliphatic carbocycles. The summed E-state index contributed by atoms with van der Waals surface area (Å²) in [6.45, 7) is 3.17. The molecule has 1 unspecified atom stereocenters. The van der Waals surface area contributed by atoms with Gasteiger partial charge in [0, 0.05) is 31.6 Å². The topological polar surface area (TPSA) is 39.7 Å². The van der Waals surface area contributed by atoms with Crippen LogP contribution in [0.25, 0.3) is 0 Å². The smallest absolute Gasteiger partial charge is 0.191 e. The molecule has 23 heavy (non-hydrogen) atoms. The van der Waals surface area contributed by atoms with Crippen molar-refractivity contribution in [1.82, 2.24) is 15.5 Å². The highest BCUT2D eigenvalue weighted by Crippen LogP contribution is 2.43. The summed E-state index contributed by atoms with van der Waals surface area (Å²) in [6, 6.07) is 11.6. The van der Waals surface area contributed by atoms with Crippen molar-refractivity contribution in [3.8, 4) is 0 Å². The summed E-state index contributed by atoms with van der Waals surface area (Å²) in [6.07, 6.45) is 6.47. The zero-order chi connectivity index (χ0) is 16.1. The van der Waals surface area contributed by atoms with Gasteiger partial charge in [0.05, 0.1) is 0 Å². The third kappa shape index (κ3) is 3.69. The molecule has 1 aliphatic heterocycles. The number of benzene rings is 1. The first-order valence-corrected chi connectivity index (χ1v) is 8.94. The number of nitrogens with zero attached hydrogens (tertiary/aromatic N) is 2. The first-order valence-electron chi connectivity index (χ1n) is 8.94. The Balaban J connectivity index is 1.53. The molecule has 1 atom stereocenters. The van der Waals surface area contributed by atoms with Crippen LogP contribution < -0.4 is 10.6 Å². The predicted molar refractivity (Wildman–Crippen MR) is 97.0 cm³/mol. The lowest BCUT2D eigenvalue weighted by molar-refractivity contribution is 0.243. The number of hydrogen-bond donors (Lipinski definition) is 2. The van der Waals surface area contributed by atoms with Gasteiger partial charge in [-0.15, -0.1) is 0 Å². The van der Waals surface area contributed by atoms with Crippen molar-refractivity contribution in [3.05, 3.63) is 35.9 Å². The molecule has 3 rings (SSSR count). The van der Waals surface area contributed by atoms with Crippen LogP contribution in [0.4, 0.5) is 0 Å². The molecule has 0 spiro atoms. The normalized spacial score (nSPS) is 24.3. The van der Waals surface area contributed by atoms with Gasteiger partial charge in [-0.2, -0.15) is 0 Å². The minimum absolute atomic E-state index is 0.295. The molecule has 1 aromatic carbocycles. The van der Waals surface area contributed by atoms with E-state index in [0.29, 0.717) is 11.5 Å². The quantitative estimate of drug-likeness (QED) is 0.647. The Morgan fingerprint density at radius 1 is 1.22 bits per heavy atom. The van der Waals surface area contributed by atoms with Crippen molar-refractivity contribution in [2.24, 2.45) is 4.99 Å². The molecule has 2 aliphatic rings. The van der Waals surface area contributed by atoms with Crippen molar-refractivity contribution < 1.29 is 0 Å². The summed E-state index contributed by atoms with van der Waals surface area (Å²) in [5.41, 5.74) is 1.76. The summed E-state index contributed by atoms with van der Waals surface area (Å²) >= 11 is 0. The lowest BCUT2D eigenvalue weighted by Crippen LogP contribution is -2.50. The highest BCUT2D eigenvalue weighted by molar-refractivity contribution is 5.79. The Hall–Kier alpha value is -1.55. The third-order valence-electron chi connectivity index (χ3n) is 5.69. The average Bonchev–Trinajstić information content (AvgIpc) is 2.95. The van der Waals surface area contributed by atoms with Crippen molar-refractivity contribution in [3.63, 3.8) is 0 Å². The summed E-state index contributed by atoms with van der Waals surface area (Å²) in [5.74, 6) is 0.938. The molecule has 0 amide bonds. The average molecular weight is 314 g/mol. The van der Waals surface area contributed by atoms with Gasteiger partial charge in [0.2, 0.25) is 0 Å². The van der Waals surface area contributed by atoms with E-state index in [2.05, 4.69) is 57.9 Å². The number of likely N-dealkylation sites (tertiary alicyclic amines) is 1. The largest absolute Gasteiger partial charge is 0.356 e. The van der Waals surface area contributed by atoms with E-state index in [1.165, 1.54) is 44.2 Å². The number of aliphatic imine (C=N–C) groups is 1. The molecule has 2 N–H and O–H groups in total. The van der Waals surface area contributed by atoms with E-state index in [1.807, 2.05) is 7.05 Å². The summed E-state index contributed by atoms with van der Waals surface area (Å²) in [5, 5.41) is 7.08. The number of nitrogens with one attached hydrogen (secondary N) is 2. The first kappa shape index (κ1) is 16.3. The summed E-state index contributed by atoms with van der Waals surface area (Å²) < 4.78 is 0. The monoisotopic (exact) mass is 314 g/mol. The molecule has 126 valence electrons. The number of likely N-dealkylation sites (N-methyl/N-ethyl adjacent to an activating group) is 1. The van der Waals surface area contributed by atoms with Crippen molar-refractivity contribution in [1.29, 1.82) is 0 Å². The second-order valence-corrected chi connectivity index (χ2v) is 7.08. The van der Waals surface area contributed by atoms with Gasteiger partial charge in [0.15, 0.2) is 5.96 Å². The van der Waals surface area contributed by atoms with Crippen molar-refractivity contribution >= 4 is 5.96 Å². The van der Waals surface area contributed by atoms with E-state index in [9.17, 15) is 0 Å². The van der Waals surface area contributed by atoms with Crippen LogP contribution in [0.3, 0.4) is 0 Å². The van der Waals surface area contributed by atoms with E-state index in [-0.39, 0.29) is 0 Å². The maximum absolute atomic E-state index is 4.41. The zero-order valence-electron chi connectivity index (χ0n) is 14.5. The molecular weight excluding hydrogens is 284 g/mol. The van der Waals surface area contributed by atoms with Crippen LogP contribution in [0.1, 0.15) is 37.7 Å². The van der Waals surface area contributed by atoms with Crippen LogP contribution in [0.5, 0.6) is 0 Å². The lowest BCUT2D eigenvalue weighted by Gasteiger charge is -2.43. The van der Waals surface area contributed by atoms with Crippen LogP contribution in [-0.2, 0) is 5.41 Å². The second-order valence-electron chi connectivity index (χ2n) is 7.08. The molecule has 1 saturated heterocycles. The molecule has 0 radical (unpaired) electrons. The minimum Gasteiger partial charge on any atom is -0.356 e. The van der Waals surface area contributed by atoms with Gasteiger partial charge < -0.3 is 15.5 Å². The SMILES string of the molecule is CN=C(NCC1CCCN1C)NCC1(c2ccccc2)CCC1. The molecular formula is C19H30N4. The predicted octanol–water partition coefficient (Wildman–Crippen LogP) is 2.37. The van der Waals surface area contributed by atoms with Crippen LogP contribution in [-0.4, -0.2) is 50.6 Å². The summed E-state index contributed by atoms with van der Waals surface area (Å²) in [7, 11) is 4.08. The number of guanidine groups is 1. The molecule has 0 aromatic heterocycles. The van der Waals surface area contributed by atoms with Gasteiger partial charge in [-0.1, -0.05) is 36.8 Å². The van der Waals surface area contributed by atoms with Gasteiger partial charge in [-0.3, -0.25) is 4.99 Å². The maximum Gasteiger partial charge on any atom is 0.191 e. The van der Waals surface area contributed by atoms with Crippen LogP contribution >= 0.6 is 0 Å². The van der Waals surface area contributed by atoms with E-state index in [4.69, 9.17) is 0 Å². The van der Waals surface area contributed by atoms with Crippen LogP contribution in [0, 0.1) is 0 Å². The molecule has 2 fully saturated rings. The van der Waals surface area contributed by atoms with Gasteiger partial charge in [-0.05, 0) is 44.8 Å². The summed E-state index contributed by atoms with van der Waals surface area (Å²) in [4.78, 5) is 6.85. The van der Waals surface area contributed by atoms with Crippen molar-refractivity contribution in [2.45, 2.75) is 43.6 Å². The Bertz CT molecular complexity index is 521. The fourth-order valence-corrected chi connectivity index (χ4v) is 3.89. The molecule has 4 heteroatoms. The second kappa shape index (κ2) is 7.35. The van der Waals surface area contributed by atoms with E-state index in [0.717, 1.165) is 19.0 Å². The van der Waals surface area contributed by atoms with Crippen LogP contribution in [0.15, 0.2) is 35.3 Å².